The van der Waals surface area contributed by atoms with Crippen molar-refractivity contribution in [3.05, 3.63) is 106 Å². The van der Waals surface area contributed by atoms with Gasteiger partial charge >= 0.3 is 0 Å². The molecule has 1 amide bonds. The Morgan fingerprint density at radius 3 is 2.40 bits per heavy atom. The molecule has 180 valence electrons. The van der Waals surface area contributed by atoms with E-state index < -0.39 is 11.9 Å². The molecule has 4 rings (SSSR count). The van der Waals surface area contributed by atoms with Crippen molar-refractivity contribution >= 4 is 16.8 Å². The number of para-hydroxylation sites is 2. The maximum atomic E-state index is 13.7. The van der Waals surface area contributed by atoms with Crippen LogP contribution in [0, 0.1) is 12.7 Å². The molecule has 0 N–H and O–H groups in total. The number of carbonyl (C=O) groups is 1. The van der Waals surface area contributed by atoms with Gasteiger partial charge in [0.05, 0.1) is 22.6 Å². The normalized spacial score (nSPS) is 12.0. The van der Waals surface area contributed by atoms with Crippen molar-refractivity contribution in [2.24, 2.45) is 0 Å². The van der Waals surface area contributed by atoms with Gasteiger partial charge in [0, 0.05) is 12.1 Å². The second-order valence-electron chi connectivity index (χ2n) is 8.80. The van der Waals surface area contributed by atoms with Crippen molar-refractivity contribution in [2.75, 3.05) is 6.54 Å². The molecular weight excluding hydrogens is 441 g/mol. The summed E-state index contributed by atoms with van der Waals surface area (Å²) >= 11 is 0. The topological polar surface area (TPSA) is 55.2 Å². The number of aromatic nitrogens is 2. The average molecular weight is 472 g/mol. The molecule has 0 radical (unpaired) electrons. The Morgan fingerprint density at radius 1 is 1.00 bits per heavy atom. The van der Waals surface area contributed by atoms with Crippen LogP contribution in [0.4, 0.5) is 4.39 Å². The van der Waals surface area contributed by atoms with Gasteiger partial charge in [0.1, 0.15) is 11.6 Å². The Labute approximate surface area is 204 Å². The van der Waals surface area contributed by atoms with E-state index in [0.717, 1.165) is 30.5 Å². The summed E-state index contributed by atoms with van der Waals surface area (Å²) in [5.74, 6) is -0.112. The van der Waals surface area contributed by atoms with Gasteiger partial charge in [-0.05, 0) is 68.3 Å². The minimum absolute atomic E-state index is 0.172. The molecule has 3 aromatic carbocycles. The van der Waals surface area contributed by atoms with Gasteiger partial charge in [-0.15, -0.1) is 0 Å². The largest absolute Gasteiger partial charge is 0.329 e. The maximum Gasteiger partial charge on any atom is 0.266 e. The number of hydrogen-bond donors (Lipinski definition) is 0. The van der Waals surface area contributed by atoms with E-state index in [1.54, 1.807) is 15.5 Å². The molecule has 6 heteroatoms. The molecule has 35 heavy (non-hydrogen) atoms. The number of unbranched alkanes of at least 4 members (excludes halogenated alkanes) is 2. The Morgan fingerprint density at radius 2 is 1.69 bits per heavy atom. The third-order valence-electron chi connectivity index (χ3n) is 6.35. The van der Waals surface area contributed by atoms with Crippen LogP contribution in [0.3, 0.4) is 0 Å². The zero-order valence-electron chi connectivity index (χ0n) is 20.4. The number of benzene rings is 3. The molecule has 0 fully saturated rings. The van der Waals surface area contributed by atoms with E-state index in [2.05, 4.69) is 6.92 Å². The molecule has 0 bridgehead atoms. The van der Waals surface area contributed by atoms with E-state index in [1.165, 1.54) is 24.3 Å². The molecule has 0 aliphatic carbocycles. The Balaban J connectivity index is 1.89. The van der Waals surface area contributed by atoms with Crippen LogP contribution in [-0.2, 0) is 0 Å². The van der Waals surface area contributed by atoms with E-state index >= 15 is 0 Å². The number of nitrogens with zero attached hydrogens (tertiary/aromatic N) is 3. The Kier molecular flexibility index (Phi) is 7.39. The Bertz CT molecular complexity index is 1400. The summed E-state index contributed by atoms with van der Waals surface area (Å²) in [5.41, 5.74) is 2.49. The highest BCUT2D eigenvalue weighted by atomic mass is 19.1. The van der Waals surface area contributed by atoms with E-state index in [9.17, 15) is 14.0 Å². The fourth-order valence-corrected chi connectivity index (χ4v) is 4.38. The highest BCUT2D eigenvalue weighted by Gasteiger charge is 2.27. The zero-order chi connectivity index (χ0) is 24.9. The summed E-state index contributed by atoms with van der Waals surface area (Å²) in [5, 5.41) is 0.522. The highest BCUT2D eigenvalue weighted by Crippen LogP contribution is 2.26. The van der Waals surface area contributed by atoms with Gasteiger partial charge < -0.3 is 4.90 Å². The molecular formula is C29H30FN3O2. The summed E-state index contributed by atoms with van der Waals surface area (Å²) < 4.78 is 15.2. The number of amides is 1. The van der Waals surface area contributed by atoms with E-state index in [0.29, 0.717) is 28.8 Å². The van der Waals surface area contributed by atoms with Crippen LogP contribution in [-0.4, -0.2) is 26.9 Å². The molecule has 0 saturated heterocycles. The molecule has 0 saturated carbocycles. The molecule has 0 spiro atoms. The molecule has 5 nitrogen and oxygen atoms in total. The molecule has 1 atom stereocenters. The molecule has 0 aliphatic rings. The number of carbonyl (C=O) groups excluding carboxylic acids is 1. The lowest BCUT2D eigenvalue weighted by Gasteiger charge is -2.31. The maximum absolute atomic E-state index is 13.7. The van der Waals surface area contributed by atoms with Crippen LogP contribution in [0.25, 0.3) is 16.6 Å². The van der Waals surface area contributed by atoms with Crippen molar-refractivity contribution < 1.29 is 9.18 Å². The quantitative estimate of drug-likeness (QED) is 0.286. The van der Waals surface area contributed by atoms with Gasteiger partial charge in [-0.2, -0.15) is 0 Å². The van der Waals surface area contributed by atoms with Gasteiger partial charge in [0.25, 0.3) is 11.5 Å². The first-order valence-electron chi connectivity index (χ1n) is 12.1. The molecule has 1 unspecified atom stereocenters. The van der Waals surface area contributed by atoms with Crippen molar-refractivity contribution in [2.45, 2.75) is 46.1 Å². The fraction of sp³-hybridized carbons (Fsp3) is 0.276. The SMILES string of the molecule is CCCCCN(C(=O)c1ccc(F)cc1)C(C)c1nc2ccccc2c(=O)n1-c1ccccc1C. The van der Waals surface area contributed by atoms with E-state index in [-0.39, 0.29) is 11.5 Å². The molecule has 4 aromatic rings. The molecule has 1 heterocycles. The summed E-state index contributed by atoms with van der Waals surface area (Å²) in [4.78, 5) is 34.0. The second kappa shape index (κ2) is 10.6. The first-order valence-corrected chi connectivity index (χ1v) is 12.1. The van der Waals surface area contributed by atoms with Crippen LogP contribution >= 0.6 is 0 Å². The fourth-order valence-electron chi connectivity index (χ4n) is 4.38. The lowest BCUT2D eigenvalue weighted by Crippen LogP contribution is -2.38. The van der Waals surface area contributed by atoms with Crippen LogP contribution in [0.2, 0.25) is 0 Å². The third kappa shape index (κ3) is 5.02. The third-order valence-corrected chi connectivity index (χ3v) is 6.35. The zero-order valence-corrected chi connectivity index (χ0v) is 20.4. The van der Waals surface area contributed by atoms with Gasteiger partial charge in [-0.25, -0.2) is 9.37 Å². The highest BCUT2D eigenvalue weighted by molar-refractivity contribution is 5.94. The monoisotopic (exact) mass is 471 g/mol. The molecule has 1 aromatic heterocycles. The van der Waals surface area contributed by atoms with Gasteiger partial charge in [-0.3, -0.25) is 14.2 Å². The smallest absolute Gasteiger partial charge is 0.266 e. The Hall–Kier alpha value is -3.80. The first kappa shape index (κ1) is 24.3. The number of rotatable bonds is 8. The first-order chi connectivity index (χ1) is 16.9. The van der Waals surface area contributed by atoms with Crippen LogP contribution in [0.5, 0.6) is 0 Å². The van der Waals surface area contributed by atoms with Crippen LogP contribution in [0.15, 0.2) is 77.6 Å². The van der Waals surface area contributed by atoms with Crippen molar-refractivity contribution in [3.8, 4) is 5.69 Å². The number of halogens is 1. The number of aryl methyl sites for hydroxylation is 1. The summed E-state index contributed by atoms with van der Waals surface area (Å²) in [6.07, 6.45) is 2.79. The lowest BCUT2D eigenvalue weighted by molar-refractivity contribution is 0.0677. The predicted molar refractivity (Wildman–Crippen MR) is 137 cm³/mol. The summed E-state index contributed by atoms with van der Waals surface area (Å²) in [6.45, 7) is 6.46. The van der Waals surface area contributed by atoms with Crippen LogP contribution in [0.1, 0.15) is 60.9 Å². The average Bonchev–Trinajstić information content (AvgIpc) is 2.87. The van der Waals surface area contributed by atoms with E-state index in [1.807, 2.05) is 56.3 Å². The van der Waals surface area contributed by atoms with Gasteiger partial charge in [0.2, 0.25) is 0 Å². The molecule has 0 aliphatic heterocycles. The number of fused-ring (bicyclic) bond motifs is 1. The van der Waals surface area contributed by atoms with Crippen molar-refractivity contribution in [1.29, 1.82) is 0 Å². The minimum Gasteiger partial charge on any atom is -0.329 e. The summed E-state index contributed by atoms with van der Waals surface area (Å²) in [7, 11) is 0. The minimum atomic E-state index is -0.499. The van der Waals surface area contributed by atoms with Crippen LogP contribution < -0.4 is 5.56 Å². The summed E-state index contributed by atoms with van der Waals surface area (Å²) in [6, 6.07) is 20.0. The van der Waals surface area contributed by atoms with Gasteiger partial charge in [-0.1, -0.05) is 50.1 Å². The lowest BCUT2D eigenvalue weighted by atomic mass is 10.1. The van der Waals surface area contributed by atoms with Crippen molar-refractivity contribution in [3.63, 3.8) is 0 Å². The van der Waals surface area contributed by atoms with Crippen molar-refractivity contribution in [1.82, 2.24) is 14.5 Å². The van der Waals surface area contributed by atoms with Gasteiger partial charge in [0.15, 0.2) is 0 Å². The predicted octanol–water partition coefficient (Wildman–Crippen LogP) is 6.23. The standard InChI is InChI=1S/C29H30FN3O2/c1-4-5-10-19-32(28(34)22-15-17-23(30)18-16-22)21(3)27-31-25-13-8-7-12-24(25)29(35)33(27)26-14-9-6-11-20(26)2/h6-9,11-18,21H,4-5,10,19H2,1-3H3. The second-order valence-corrected chi connectivity index (χ2v) is 8.80. The number of hydrogen-bond acceptors (Lipinski definition) is 3. The van der Waals surface area contributed by atoms with E-state index in [4.69, 9.17) is 4.98 Å².